The molecule has 210 valence electrons. The van der Waals surface area contributed by atoms with E-state index in [2.05, 4.69) is 4.90 Å². The molecule has 0 radical (unpaired) electrons. The number of phenolic OH excluding ortho intramolecular Hbond substituents is 1. The van der Waals surface area contributed by atoms with Crippen LogP contribution in [0.25, 0.3) is 20.7 Å². The number of pyridine rings is 1. The number of fused-ring (bicyclic) bond motifs is 1. The molecule has 5 aromatic rings. The van der Waals surface area contributed by atoms with Gasteiger partial charge in [0.1, 0.15) is 16.4 Å². The highest BCUT2D eigenvalue weighted by Crippen LogP contribution is 2.40. The summed E-state index contributed by atoms with van der Waals surface area (Å²) < 4.78 is 26.8. The van der Waals surface area contributed by atoms with E-state index in [9.17, 15) is 19.1 Å². The van der Waals surface area contributed by atoms with Gasteiger partial charge in [-0.25, -0.2) is 9.18 Å². The van der Waals surface area contributed by atoms with Gasteiger partial charge < -0.3 is 19.1 Å². The van der Waals surface area contributed by atoms with Crippen molar-refractivity contribution < 1.29 is 23.8 Å². The van der Waals surface area contributed by atoms with Crippen molar-refractivity contribution in [1.82, 2.24) is 9.47 Å². The Morgan fingerprint density at radius 1 is 1.00 bits per heavy atom. The van der Waals surface area contributed by atoms with Crippen molar-refractivity contribution in [2.45, 2.75) is 26.6 Å². The molecular formula is C32H29FN2O5S. The molecule has 9 heteroatoms. The number of halogens is 1. The highest BCUT2D eigenvalue weighted by atomic mass is 32.1. The van der Waals surface area contributed by atoms with Crippen LogP contribution >= 0.6 is 11.3 Å². The molecule has 0 spiro atoms. The fourth-order valence-electron chi connectivity index (χ4n) is 4.73. The van der Waals surface area contributed by atoms with Crippen molar-refractivity contribution >= 4 is 27.7 Å². The summed E-state index contributed by atoms with van der Waals surface area (Å²) in [5.74, 6) is -0.457. The molecule has 2 heterocycles. The molecule has 0 fully saturated rings. The number of thiophene rings is 1. The number of hydrogen-bond acceptors (Lipinski definition) is 7. The Morgan fingerprint density at radius 2 is 1.71 bits per heavy atom. The maximum atomic E-state index is 14.7. The van der Waals surface area contributed by atoms with Crippen LogP contribution in [-0.4, -0.2) is 34.4 Å². The number of carbonyl (C=O) groups is 1. The first-order chi connectivity index (χ1) is 19.8. The number of aromatic nitrogens is 1. The highest BCUT2D eigenvalue weighted by molar-refractivity contribution is 7.22. The van der Waals surface area contributed by atoms with Gasteiger partial charge in [0.2, 0.25) is 5.43 Å². The van der Waals surface area contributed by atoms with Crippen LogP contribution in [0.2, 0.25) is 0 Å². The second-order valence-corrected chi connectivity index (χ2v) is 10.6. The lowest BCUT2D eigenvalue weighted by Gasteiger charge is -2.18. The zero-order chi connectivity index (χ0) is 28.9. The second-order valence-electron chi connectivity index (χ2n) is 9.62. The van der Waals surface area contributed by atoms with Crippen molar-refractivity contribution in [3.05, 3.63) is 118 Å². The molecule has 0 atom stereocenters. The van der Waals surface area contributed by atoms with Crippen molar-refractivity contribution in [3.8, 4) is 21.9 Å². The van der Waals surface area contributed by atoms with Crippen molar-refractivity contribution in [1.29, 1.82) is 0 Å². The summed E-state index contributed by atoms with van der Waals surface area (Å²) in [7, 11) is 1.97. The van der Waals surface area contributed by atoms with Crippen LogP contribution in [0.4, 0.5) is 9.18 Å². The third kappa shape index (κ3) is 6.32. The summed E-state index contributed by atoms with van der Waals surface area (Å²) in [5, 5.41) is 10.3. The molecule has 0 aliphatic heterocycles. The smallest absolute Gasteiger partial charge is 0.508 e. The van der Waals surface area contributed by atoms with Crippen LogP contribution in [0.15, 0.2) is 89.9 Å². The van der Waals surface area contributed by atoms with Gasteiger partial charge in [-0.15, -0.1) is 11.3 Å². The van der Waals surface area contributed by atoms with Crippen LogP contribution < -0.4 is 10.2 Å². The minimum atomic E-state index is -0.988. The predicted octanol–water partition coefficient (Wildman–Crippen LogP) is 6.79. The Balaban J connectivity index is 1.70. The van der Waals surface area contributed by atoms with Gasteiger partial charge in [-0.2, -0.15) is 0 Å². The van der Waals surface area contributed by atoms with Gasteiger partial charge in [-0.05, 0) is 61.0 Å². The summed E-state index contributed by atoms with van der Waals surface area (Å²) >= 11 is 1.40. The van der Waals surface area contributed by atoms with E-state index in [1.54, 1.807) is 54.0 Å². The molecule has 1 N–H and O–H groups in total. The SMILES string of the molecule is CCOC(=O)Oc1cn(Cc2ccccc2F)c2sc(-c3ccc(O)cc3)c(CN(C)Cc3ccccc3)c2c1=O. The van der Waals surface area contributed by atoms with E-state index in [0.29, 0.717) is 28.9 Å². The zero-order valence-electron chi connectivity index (χ0n) is 22.7. The number of ether oxygens (including phenoxy) is 2. The first-order valence-electron chi connectivity index (χ1n) is 13.1. The molecule has 0 aliphatic carbocycles. The minimum absolute atomic E-state index is 0.0868. The van der Waals surface area contributed by atoms with E-state index < -0.39 is 11.6 Å². The summed E-state index contributed by atoms with van der Waals surface area (Å²) in [5.41, 5.74) is 2.64. The Hall–Kier alpha value is -4.47. The van der Waals surface area contributed by atoms with Crippen molar-refractivity contribution in [2.75, 3.05) is 13.7 Å². The van der Waals surface area contributed by atoms with Crippen LogP contribution in [0.3, 0.4) is 0 Å². The number of nitrogens with zero attached hydrogens (tertiary/aromatic N) is 2. The van der Waals surface area contributed by atoms with E-state index in [1.165, 1.54) is 23.6 Å². The normalized spacial score (nSPS) is 11.2. The van der Waals surface area contributed by atoms with Gasteiger partial charge in [-0.3, -0.25) is 9.69 Å². The molecular weight excluding hydrogens is 543 g/mol. The average molecular weight is 573 g/mol. The Kier molecular flexibility index (Phi) is 8.47. The fourth-order valence-corrected chi connectivity index (χ4v) is 6.01. The highest BCUT2D eigenvalue weighted by Gasteiger charge is 2.24. The number of aromatic hydroxyl groups is 1. The van der Waals surface area contributed by atoms with Crippen molar-refractivity contribution in [3.63, 3.8) is 0 Å². The lowest BCUT2D eigenvalue weighted by Crippen LogP contribution is -2.21. The summed E-state index contributed by atoms with van der Waals surface area (Å²) in [4.78, 5) is 29.7. The average Bonchev–Trinajstić information content (AvgIpc) is 3.33. The Bertz CT molecular complexity index is 1730. The molecule has 41 heavy (non-hydrogen) atoms. The van der Waals surface area contributed by atoms with E-state index in [4.69, 9.17) is 9.47 Å². The van der Waals surface area contributed by atoms with Crippen LogP contribution in [-0.2, 0) is 24.4 Å². The largest absolute Gasteiger partial charge is 0.514 e. The third-order valence-corrected chi connectivity index (χ3v) is 7.90. The molecule has 0 unspecified atom stereocenters. The third-order valence-electron chi connectivity index (χ3n) is 6.58. The summed E-state index contributed by atoms with van der Waals surface area (Å²) in [6.45, 7) is 2.88. The standard InChI is InChI=1S/C32H29FN2O5S/c1-3-39-32(38)40-27-20-35(18-23-11-7-8-12-26(23)33)31-28(29(27)37)25(19-34(2)17-21-9-5-4-6-10-21)30(41-31)22-13-15-24(36)16-14-22/h4-16,20,36H,3,17-19H2,1-2H3. The fraction of sp³-hybridized carbons (Fsp3) is 0.188. The van der Waals surface area contributed by atoms with Crippen LogP contribution in [0, 0.1) is 5.82 Å². The van der Waals surface area contributed by atoms with Crippen LogP contribution in [0.5, 0.6) is 11.5 Å². The zero-order valence-corrected chi connectivity index (χ0v) is 23.5. The van der Waals surface area contributed by atoms with Gasteiger partial charge >= 0.3 is 6.16 Å². The van der Waals surface area contributed by atoms with E-state index in [1.807, 2.05) is 37.4 Å². The maximum absolute atomic E-state index is 14.7. The van der Waals surface area contributed by atoms with Crippen LogP contribution in [0.1, 0.15) is 23.6 Å². The Labute approximate surface area is 240 Å². The first-order valence-corrected chi connectivity index (χ1v) is 13.9. The molecule has 5 rings (SSSR count). The number of phenols is 1. The topological polar surface area (TPSA) is 81.0 Å². The molecule has 0 aliphatic rings. The molecule has 0 saturated heterocycles. The Morgan fingerprint density at radius 3 is 2.41 bits per heavy atom. The van der Waals surface area contributed by atoms with Gasteiger partial charge in [0.25, 0.3) is 0 Å². The van der Waals surface area contributed by atoms with E-state index >= 15 is 0 Å². The summed E-state index contributed by atoms with van der Waals surface area (Å²) in [6, 6.07) is 23.2. The lowest BCUT2D eigenvalue weighted by molar-refractivity contribution is 0.104. The number of hydrogen-bond donors (Lipinski definition) is 1. The molecule has 2 aromatic heterocycles. The number of benzene rings is 3. The second kappa shape index (κ2) is 12.4. The quantitative estimate of drug-likeness (QED) is 0.196. The first kappa shape index (κ1) is 28.1. The molecule has 0 bridgehead atoms. The van der Waals surface area contributed by atoms with Crippen molar-refractivity contribution in [2.24, 2.45) is 0 Å². The summed E-state index contributed by atoms with van der Waals surface area (Å²) in [6.07, 6.45) is 0.445. The molecule has 3 aromatic carbocycles. The van der Waals surface area contributed by atoms with Gasteiger partial charge in [0.05, 0.1) is 24.7 Å². The monoisotopic (exact) mass is 572 g/mol. The predicted molar refractivity (Wildman–Crippen MR) is 158 cm³/mol. The van der Waals surface area contributed by atoms with Gasteiger partial charge in [-0.1, -0.05) is 48.5 Å². The van der Waals surface area contributed by atoms with Gasteiger partial charge in [0.15, 0.2) is 5.75 Å². The van der Waals surface area contributed by atoms with Gasteiger partial charge in [0, 0.05) is 23.5 Å². The molecule has 0 saturated carbocycles. The molecule has 7 nitrogen and oxygen atoms in total. The number of rotatable bonds is 9. The van der Waals surface area contributed by atoms with E-state index in [-0.39, 0.29) is 30.5 Å². The molecule has 0 amide bonds. The minimum Gasteiger partial charge on any atom is -0.508 e. The maximum Gasteiger partial charge on any atom is 0.514 e. The lowest BCUT2D eigenvalue weighted by atomic mass is 10.1. The van der Waals surface area contributed by atoms with E-state index in [0.717, 1.165) is 21.6 Å². The number of carbonyl (C=O) groups excluding carboxylic acids is 1.